The first kappa shape index (κ1) is 16.0. The second-order valence-electron chi connectivity index (χ2n) is 5.15. The van der Waals surface area contributed by atoms with E-state index in [0.29, 0.717) is 24.3 Å². The van der Waals surface area contributed by atoms with Crippen LogP contribution in [0, 0.1) is 0 Å². The molecule has 0 aliphatic heterocycles. The van der Waals surface area contributed by atoms with Gasteiger partial charge in [0.15, 0.2) is 0 Å². The number of rotatable bonds is 6. The van der Waals surface area contributed by atoms with E-state index in [1.54, 1.807) is 0 Å². The molecule has 0 saturated carbocycles. The monoisotopic (exact) mass is 277 g/mol. The Morgan fingerprint density at radius 1 is 1.35 bits per heavy atom. The van der Waals surface area contributed by atoms with Gasteiger partial charge in [-0.1, -0.05) is 38.1 Å². The molecular weight excluding hydrogens is 254 g/mol. The molecule has 0 spiro atoms. The molecule has 1 aromatic rings. The molecule has 1 atom stereocenters. The molecule has 5 heteroatoms. The molecule has 0 fully saturated rings. The second kappa shape index (κ2) is 7.53. The lowest BCUT2D eigenvalue weighted by molar-refractivity contribution is 0.0937. The van der Waals surface area contributed by atoms with Gasteiger partial charge in [-0.25, -0.2) is 0 Å². The highest BCUT2D eigenvalue weighted by Gasteiger charge is 2.14. The SMILES string of the molecule is CCC(CC(N)=NO)NC(=O)c1ccc(C(C)C)cc1. The van der Waals surface area contributed by atoms with Crippen LogP contribution in [0.2, 0.25) is 0 Å². The first-order chi connectivity index (χ1) is 9.47. The van der Waals surface area contributed by atoms with E-state index in [1.165, 1.54) is 5.56 Å². The number of nitrogens with two attached hydrogens (primary N) is 1. The minimum atomic E-state index is -0.141. The molecule has 0 saturated heterocycles. The van der Waals surface area contributed by atoms with Crippen LogP contribution < -0.4 is 11.1 Å². The van der Waals surface area contributed by atoms with Crippen molar-refractivity contribution in [2.24, 2.45) is 10.9 Å². The number of hydrogen-bond donors (Lipinski definition) is 3. The number of nitrogens with zero attached hydrogens (tertiary/aromatic N) is 1. The maximum atomic E-state index is 12.1. The summed E-state index contributed by atoms with van der Waals surface area (Å²) in [4.78, 5) is 12.1. The van der Waals surface area contributed by atoms with Crippen LogP contribution in [0.25, 0.3) is 0 Å². The summed E-state index contributed by atoms with van der Waals surface area (Å²) in [5, 5.41) is 14.4. The van der Waals surface area contributed by atoms with Crippen molar-refractivity contribution < 1.29 is 10.0 Å². The van der Waals surface area contributed by atoms with Crippen LogP contribution >= 0.6 is 0 Å². The van der Waals surface area contributed by atoms with Gasteiger partial charge in [0.25, 0.3) is 5.91 Å². The van der Waals surface area contributed by atoms with Crippen molar-refractivity contribution >= 4 is 11.7 Å². The number of oxime groups is 1. The summed E-state index contributed by atoms with van der Waals surface area (Å²) in [7, 11) is 0. The maximum absolute atomic E-state index is 12.1. The summed E-state index contributed by atoms with van der Waals surface area (Å²) in [6, 6.07) is 7.43. The highest BCUT2D eigenvalue weighted by atomic mass is 16.4. The number of nitrogens with one attached hydrogen (secondary N) is 1. The normalized spacial score (nSPS) is 13.3. The van der Waals surface area contributed by atoms with Crippen LogP contribution in [0.1, 0.15) is 55.5 Å². The van der Waals surface area contributed by atoms with Gasteiger partial charge in [0, 0.05) is 18.0 Å². The lowest BCUT2D eigenvalue weighted by Gasteiger charge is -2.16. The first-order valence-corrected chi connectivity index (χ1v) is 6.85. The summed E-state index contributed by atoms with van der Waals surface area (Å²) >= 11 is 0. The van der Waals surface area contributed by atoms with Gasteiger partial charge in [-0.15, -0.1) is 0 Å². The topological polar surface area (TPSA) is 87.7 Å². The number of carbonyl (C=O) groups excluding carboxylic acids is 1. The van der Waals surface area contributed by atoms with E-state index in [-0.39, 0.29) is 17.8 Å². The first-order valence-electron chi connectivity index (χ1n) is 6.85. The average molecular weight is 277 g/mol. The fourth-order valence-electron chi connectivity index (χ4n) is 1.88. The quantitative estimate of drug-likeness (QED) is 0.323. The number of benzene rings is 1. The predicted molar refractivity (Wildman–Crippen MR) is 80.1 cm³/mol. The van der Waals surface area contributed by atoms with Crippen molar-refractivity contribution in [2.45, 2.75) is 45.6 Å². The Morgan fingerprint density at radius 3 is 2.40 bits per heavy atom. The van der Waals surface area contributed by atoms with Crippen molar-refractivity contribution in [3.63, 3.8) is 0 Å². The molecule has 1 rings (SSSR count). The largest absolute Gasteiger partial charge is 0.409 e. The molecule has 1 amide bonds. The third-order valence-electron chi connectivity index (χ3n) is 3.25. The summed E-state index contributed by atoms with van der Waals surface area (Å²) in [6.45, 7) is 6.16. The lowest BCUT2D eigenvalue weighted by Crippen LogP contribution is -2.37. The van der Waals surface area contributed by atoms with Gasteiger partial charge in [0.2, 0.25) is 0 Å². The Labute approximate surface area is 119 Å². The number of carbonyl (C=O) groups is 1. The van der Waals surface area contributed by atoms with Crippen molar-refractivity contribution in [2.75, 3.05) is 0 Å². The molecule has 0 aliphatic rings. The standard InChI is InChI=1S/C15H23N3O2/c1-4-13(9-14(16)18-20)17-15(19)12-7-5-11(6-8-12)10(2)3/h5-8,10,13,20H,4,9H2,1-3H3,(H2,16,18)(H,17,19). The molecular formula is C15H23N3O2. The number of amidine groups is 1. The van der Waals surface area contributed by atoms with Crippen LogP contribution in [0.5, 0.6) is 0 Å². The fraction of sp³-hybridized carbons (Fsp3) is 0.467. The molecule has 0 radical (unpaired) electrons. The number of amides is 1. The molecule has 110 valence electrons. The third-order valence-corrected chi connectivity index (χ3v) is 3.25. The maximum Gasteiger partial charge on any atom is 0.251 e. The third kappa shape index (κ3) is 4.57. The van der Waals surface area contributed by atoms with Gasteiger partial charge < -0.3 is 16.3 Å². The highest BCUT2D eigenvalue weighted by Crippen LogP contribution is 2.14. The average Bonchev–Trinajstić information content (AvgIpc) is 2.46. The van der Waals surface area contributed by atoms with E-state index in [2.05, 4.69) is 24.3 Å². The minimum absolute atomic E-state index is 0.118. The molecule has 0 bridgehead atoms. The van der Waals surface area contributed by atoms with Gasteiger partial charge >= 0.3 is 0 Å². The second-order valence-corrected chi connectivity index (χ2v) is 5.15. The smallest absolute Gasteiger partial charge is 0.251 e. The van der Waals surface area contributed by atoms with E-state index >= 15 is 0 Å². The van der Waals surface area contributed by atoms with Gasteiger partial charge in [-0.2, -0.15) is 0 Å². The Kier molecular flexibility index (Phi) is 6.03. The van der Waals surface area contributed by atoms with E-state index in [9.17, 15) is 4.79 Å². The van der Waals surface area contributed by atoms with E-state index in [4.69, 9.17) is 10.9 Å². The van der Waals surface area contributed by atoms with Crippen LogP contribution in [0.15, 0.2) is 29.4 Å². The number of hydrogen-bond acceptors (Lipinski definition) is 3. The minimum Gasteiger partial charge on any atom is -0.409 e. The van der Waals surface area contributed by atoms with Crippen LogP contribution in [0.4, 0.5) is 0 Å². The Hall–Kier alpha value is -2.04. The lowest BCUT2D eigenvalue weighted by atomic mass is 10.0. The van der Waals surface area contributed by atoms with Gasteiger partial charge in [0.05, 0.1) is 0 Å². The van der Waals surface area contributed by atoms with Crippen LogP contribution in [0.3, 0.4) is 0 Å². The van der Waals surface area contributed by atoms with E-state index in [0.717, 1.165) is 0 Å². The summed E-state index contributed by atoms with van der Waals surface area (Å²) in [5.74, 6) is 0.418. The molecule has 20 heavy (non-hydrogen) atoms. The van der Waals surface area contributed by atoms with Crippen molar-refractivity contribution in [1.29, 1.82) is 0 Å². The van der Waals surface area contributed by atoms with Crippen molar-refractivity contribution in [3.05, 3.63) is 35.4 Å². The summed E-state index contributed by atoms with van der Waals surface area (Å²) in [5.41, 5.74) is 7.28. The molecule has 0 aliphatic carbocycles. The Balaban J connectivity index is 2.69. The fourth-order valence-corrected chi connectivity index (χ4v) is 1.88. The zero-order valence-electron chi connectivity index (χ0n) is 12.3. The molecule has 5 nitrogen and oxygen atoms in total. The molecule has 0 aromatic heterocycles. The van der Waals surface area contributed by atoms with E-state index < -0.39 is 0 Å². The molecule has 1 unspecified atom stereocenters. The summed E-state index contributed by atoms with van der Waals surface area (Å²) < 4.78 is 0. The van der Waals surface area contributed by atoms with Gasteiger partial charge in [-0.3, -0.25) is 4.79 Å². The summed E-state index contributed by atoms with van der Waals surface area (Å²) in [6.07, 6.45) is 1.05. The molecule has 1 aromatic carbocycles. The Bertz CT molecular complexity index is 467. The molecule has 0 heterocycles. The predicted octanol–water partition coefficient (Wildman–Crippen LogP) is 2.45. The van der Waals surface area contributed by atoms with Gasteiger partial charge in [-0.05, 0) is 30.0 Å². The van der Waals surface area contributed by atoms with Crippen molar-refractivity contribution in [1.82, 2.24) is 5.32 Å². The zero-order chi connectivity index (χ0) is 15.1. The van der Waals surface area contributed by atoms with Gasteiger partial charge in [0.1, 0.15) is 5.84 Å². The van der Waals surface area contributed by atoms with E-state index in [1.807, 2.05) is 31.2 Å². The van der Waals surface area contributed by atoms with Crippen LogP contribution in [-0.2, 0) is 0 Å². The molecule has 4 N–H and O–H groups in total. The van der Waals surface area contributed by atoms with Crippen LogP contribution in [-0.4, -0.2) is 23.0 Å². The zero-order valence-corrected chi connectivity index (χ0v) is 12.3. The van der Waals surface area contributed by atoms with Crippen molar-refractivity contribution in [3.8, 4) is 0 Å². The highest BCUT2D eigenvalue weighted by molar-refractivity contribution is 5.94. The Morgan fingerprint density at radius 2 is 1.95 bits per heavy atom.